The highest BCUT2D eigenvalue weighted by Gasteiger charge is 2.37. The van der Waals surface area contributed by atoms with Crippen LogP contribution in [0, 0.1) is 12.8 Å². The van der Waals surface area contributed by atoms with Crippen molar-refractivity contribution in [3.05, 3.63) is 16.4 Å². The van der Waals surface area contributed by atoms with Gasteiger partial charge in [-0.3, -0.25) is 14.4 Å². The molecule has 2 heterocycles. The molecule has 2 fully saturated rings. The lowest BCUT2D eigenvalue weighted by atomic mass is 9.88. The van der Waals surface area contributed by atoms with Crippen LogP contribution in [0.5, 0.6) is 0 Å². The first-order valence-corrected chi connectivity index (χ1v) is 8.40. The van der Waals surface area contributed by atoms with Crippen molar-refractivity contribution >= 4 is 17.4 Å². The molecule has 0 spiro atoms. The summed E-state index contributed by atoms with van der Waals surface area (Å²) in [5.41, 5.74) is 2.13. The number of carbonyl (C=O) groups excluding carboxylic acids is 1. The third kappa shape index (κ3) is 2.88. The first-order valence-electron chi connectivity index (χ1n) is 8.02. The van der Waals surface area contributed by atoms with Gasteiger partial charge >= 0.3 is 0 Å². The maximum atomic E-state index is 12.1. The van der Waals surface area contributed by atoms with Gasteiger partial charge in [0.05, 0.1) is 5.69 Å². The average molecular weight is 310 g/mol. The van der Waals surface area contributed by atoms with Crippen LogP contribution in [0.1, 0.15) is 49.8 Å². The molecule has 0 amide bonds. The molecule has 1 saturated heterocycles. The molecule has 0 bridgehead atoms. The zero-order valence-corrected chi connectivity index (χ0v) is 13.7. The third-order valence-electron chi connectivity index (χ3n) is 5.11. The van der Waals surface area contributed by atoms with Crippen molar-refractivity contribution in [1.29, 1.82) is 0 Å². The SMILES string of the molecule is Cc1nn(C)c(Cl)c1CN1CCCCC1C1CCCC1=O. The van der Waals surface area contributed by atoms with Crippen LogP contribution in [0.3, 0.4) is 0 Å². The smallest absolute Gasteiger partial charge is 0.137 e. The molecule has 2 aliphatic rings. The molecule has 0 aromatic carbocycles. The van der Waals surface area contributed by atoms with E-state index in [0.29, 0.717) is 11.8 Å². The fourth-order valence-corrected chi connectivity index (χ4v) is 4.21. The molecule has 21 heavy (non-hydrogen) atoms. The number of carbonyl (C=O) groups is 1. The average Bonchev–Trinajstić information content (AvgIpc) is 2.99. The highest BCUT2D eigenvalue weighted by atomic mass is 35.5. The Morgan fingerprint density at radius 1 is 1.29 bits per heavy atom. The molecule has 116 valence electrons. The lowest BCUT2D eigenvalue weighted by molar-refractivity contribution is -0.123. The quantitative estimate of drug-likeness (QED) is 0.861. The highest BCUT2D eigenvalue weighted by molar-refractivity contribution is 6.30. The molecule has 4 nitrogen and oxygen atoms in total. The molecule has 0 N–H and O–H groups in total. The second-order valence-corrected chi connectivity index (χ2v) is 6.84. The largest absolute Gasteiger partial charge is 0.299 e. The summed E-state index contributed by atoms with van der Waals surface area (Å²) in [6.45, 7) is 3.91. The Balaban J connectivity index is 1.79. The van der Waals surface area contributed by atoms with Crippen molar-refractivity contribution in [2.24, 2.45) is 13.0 Å². The zero-order valence-electron chi connectivity index (χ0n) is 12.9. The predicted molar refractivity (Wildman–Crippen MR) is 83.4 cm³/mol. The number of hydrogen-bond donors (Lipinski definition) is 0. The van der Waals surface area contributed by atoms with E-state index >= 15 is 0 Å². The van der Waals surface area contributed by atoms with Crippen LogP contribution >= 0.6 is 11.6 Å². The van der Waals surface area contributed by atoms with Gasteiger partial charge in [-0.25, -0.2) is 0 Å². The van der Waals surface area contributed by atoms with Crippen molar-refractivity contribution in [2.75, 3.05) is 6.54 Å². The highest BCUT2D eigenvalue weighted by Crippen LogP contribution is 2.34. The third-order valence-corrected chi connectivity index (χ3v) is 5.58. The number of nitrogens with zero attached hydrogens (tertiary/aromatic N) is 3. The second-order valence-electron chi connectivity index (χ2n) is 6.48. The van der Waals surface area contributed by atoms with Gasteiger partial charge in [0.1, 0.15) is 10.9 Å². The van der Waals surface area contributed by atoms with Crippen molar-refractivity contribution in [3.8, 4) is 0 Å². The van der Waals surface area contributed by atoms with E-state index in [-0.39, 0.29) is 5.92 Å². The monoisotopic (exact) mass is 309 g/mol. The summed E-state index contributed by atoms with van der Waals surface area (Å²) in [7, 11) is 1.88. The van der Waals surface area contributed by atoms with Crippen molar-refractivity contribution in [1.82, 2.24) is 14.7 Å². The Morgan fingerprint density at radius 3 is 2.71 bits per heavy atom. The molecule has 1 aliphatic heterocycles. The lowest BCUT2D eigenvalue weighted by Gasteiger charge is -2.38. The van der Waals surface area contributed by atoms with Gasteiger partial charge in [0.25, 0.3) is 0 Å². The van der Waals surface area contributed by atoms with Gasteiger partial charge in [-0.2, -0.15) is 5.10 Å². The number of rotatable bonds is 3. The van der Waals surface area contributed by atoms with Crippen LogP contribution in [-0.2, 0) is 18.4 Å². The van der Waals surface area contributed by atoms with E-state index in [4.69, 9.17) is 11.6 Å². The van der Waals surface area contributed by atoms with E-state index in [9.17, 15) is 4.79 Å². The van der Waals surface area contributed by atoms with E-state index < -0.39 is 0 Å². The van der Waals surface area contributed by atoms with Crippen molar-refractivity contribution in [3.63, 3.8) is 0 Å². The molecule has 2 atom stereocenters. The Bertz CT molecular complexity index is 540. The predicted octanol–water partition coefficient (Wildman–Crippen LogP) is 3.11. The first-order chi connectivity index (χ1) is 10.1. The van der Waals surface area contributed by atoms with Gasteiger partial charge in [-0.05, 0) is 39.2 Å². The fourth-order valence-electron chi connectivity index (χ4n) is 3.97. The van der Waals surface area contributed by atoms with Crippen molar-refractivity contribution < 1.29 is 4.79 Å². The van der Waals surface area contributed by atoms with E-state index in [1.807, 2.05) is 14.0 Å². The molecular formula is C16H24ClN3O. The number of piperidine rings is 1. The Hall–Kier alpha value is -0.870. The molecule has 1 aromatic rings. The first kappa shape index (κ1) is 15.0. The molecular weight excluding hydrogens is 286 g/mol. The van der Waals surface area contributed by atoms with Crippen LogP contribution in [-0.4, -0.2) is 33.1 Å². The van der Waals surface area contributed by atoms with Crippen LogP contribution in [0.4, 0.5) is 0 Å². The van der Waals surface area contributed by atoms with Gasteiger partial charge < -0.3 is 0 Å². The molecule has 3 rings (SSSR count). The van der Waals surface area contributed by atoms with E-state index in [0.717, 1.165) is 55.2 Å². The van der Waals surface area contributed by atoms with E-state index in [1.165, 1.54) is 12.8 Å². The number of halogens is 1. The van der Waals surface area contributed by atoms with Crippen molar-refractivity contribution in [2.45, 2.75) is 58.0 Å². The minimum atomic E-state index is 0.251. The number of aryl methyl sites for hydroxylation is 2. The number of Topliss-reactive ketones (excluding diaryl/α,β-unsaturated/α-hetero) is 1. The second kappa shape index (κ2) is 6.09. The maximum Gasteiger partial charge on any atom is 0.137 e. The maximum absolute atomic E-state index is 12.1. The minimum Gasteiger partial charge on any atom is -0.299 e. The summed E-state index contributed by atoms with van der Waals surface area (Å²) < 4.78 is 1.74. The molecule has 1 aromatic heterocycles. The summed E-state index contributed by atoms with van der Waals surface area (Å²) in [5, 5.41) is 5.14. The summed E-state index contributed by atoms with van der Waals surface area (Å²) in [4.78, 5) is 14.6. The van der Waals surface area contributed by atoms with Gasteiger partial charge in [0.15, 0.2) is 0 Å². The summed E-state index contributed by atoms with van der Waals surface area (Å²) >= 11 is 6.38. The van der Waals surface area contributed by atoms with Crippen LogP contribution in [0.15, 0.2) is 0 Å². The molecule has 1 saturated carbocycles. The van der Waals surface area contributed by atoms with Gasteiger partial charge in [-0.1, -0.05) is 18.0 Å². The minimum absolute atomic E-state index is 0.251. The normalized spacial score (nSPS) is 27.5. The lowest BCUT2D eigenvalue weighted by Crippen LogP contribution is -2.45. The summed E-state index contributed by atoms with van der Waals surface area (Å²) in [6, 6.07) is 0.407. The van der Waals surface area contributed by atoms with Gasteiger partial charge in [-0.15, -0.1) is 0 Å². The number of ketones is 1. The Morgan fingerprint density at radius 2 is 2.10 bits per heavy atom. The fraction of sp³-hybridized carbons (Fsp3) is 0.750. The molecule has 0 radical (unpaired) electrons. The van der Waals surface area contributed by atoms with Crippen LogP contribution in [0.25, 0.3) is 0 Å². The summed E-state index contributed by atoms with van der Waals surface area (Å²) in [5.74, 6) is 0.724. The topological polar surface area (TPSA) is 38.1 Å². The number of aromatic nitrogens is 2. The summed E-state index contributed by atoms with van der Waals surface area (Å²) in [6.07, 6.45) is 6.52. The molecule has 5 heteroatoms. The Kier molecular flexibility index (Phi) is 4.36. The number of hydrogen-bond acceptors (Lipinski definition) is 3. The van der Waals surface area contributed by atoms with Gasteiger partial charge in [0, 0.05) is 37.5 Å². The molecule has 1 aliphatic carbocycles. The van der Waals surface area contributed by atoms with Crippen LogP contribution in [0.2, 0.25) is 5.15 Å². The number of likely N-dealkylation sites (tertiary alicyclic amines) is 1. The standard InChI is InChI=1S/C16H24ClN3O/c1-11-13(16(17)19(2)18-11)10-20-9-4-3-7-14(20)12-6-5-8-15(12)21/h12,14H,3-10H2,1-2H3. The van der Waals surface area contributed by atoms with E-state index in [1.54, 1.807) is 4.68 Å². The zero-order chi connectivity index (χ0) is 15.0. The molecule has 2 unspecified atom stereocenters. The van der Waals surface area contributed by atoms with E-state index in [2.05, 4.69) is 10.00 Å². The Labute approximate surface area is 131 Å². The van der Waals surface area contributed by atoms with Gasteiger partial charge in [0.2, 0.25) is 0 Å². The van der Waals surface area contributed by atoms with Crippen LogP contribution < -0.4 is 0 Å².